The first kappa shape index (κ1) is 2.39. The third kappa shape index (κ3) is 1.52. The number of aliphatic carboxylic acids is 1. The van der Waals surface area contributed by atoms with Crippen LogP contribution in [0.4, 0.5) is 0 Å². The van der Waals surface area contributed by atoms with E-state index >= 15 is 0 Å². The predicted octanol–water partition coefficient (Wildman–Crippen LogP) is 0.647. The van der Waals surface area contributed by atoms with Crippen molar-refractivity contribution in [2.45, 2.75) is 6.92 Å². The average molecular weight is 85.1 g/mol. The van der Waals surface area contributed by atoms with E-state index in [-0.39, 0.29) is 5.57 Å². The Kier molecular flexibility index (Phi) is 0.638. The molecule has 0 unspecified atom stereocenters. The van der Waals surface area contributed by atoms with Gasteiger partial charge < -0.3 is 5.11 Å². The van der Waals surface area contributed by atoms with Crippen LogP contribution in [0.25, 0.3) is 0 Å². The van der Waals surface area contributed by atoms with E-state index in [1.165, 1.54) is 6.92 Å². The zero-order valence-electron chi connectivity index (χ0n) is 5.36. The van der Waals surface area contributed by atoms with Crippen LogP contribution in [0.1, 0.15) is 9.67 Å². The molecule has 0 saturated carbocycles. The lowest BCUT2D eigenvalue weighted by molar-refractivity contribution is -0.132. The topological polar surface area (TPSA) is 37.3 Å². The van der Waals surface area contributed by atoms with Gasteiger partial charge in [-0.05, 0) is 6.92 Å². The van der Waals surface area contributed by atoms with Gasteiger partial charge in [0.25, 0.3) is 0 Å². The summed E-state index contributed by atoms with van der Waals surface area (Å²) >= 11 is 0. The summed E-state index contributed by atoms with van der Waals surface area (Å²) in [4.78, 5) is 9.84. The lowest BCUT2D eigenvalue weighted by atomic mass is 10.3. The van der Waals surface area contributed by atoms with Crippen LogP contribution >= 0.6 is 0 Å². The number of hydrogen-bond acceptors (Lipinski definition) is 1. The van der Waals surface area contributed by atoms with Crippen molar-refractivity contribution in [3.05, 3.63) is 12.1 Å². The van der Waals surface area contributed by atoms with Gasteiger partial charge >= 0.3 is 5.97 Å². The Labute approximate surface area is 38.9 Å². The molecular weight excluding hydrogens is 77.1 g/mol. The Balaban J connectivity index is 4.23. The maximum atomic E-state index is 9.84. The molecule has 0 rings (SSSR count). The molecule has 34 valence electrons. The minimum Gasteiger partial charge on any atom is -0.478 e. The SMILES string of the molecule is [2H]C([2H])=C(C)C(O)=[13O]. The van der Waals surface area contributed by atoms with Crippen LogP contribution in [-0.4, -0.2) is 11.1 Å². The molecular formula is C4H6O2. The van der Waals surface area contributed by atoms with Crippen molar-refractivity contribution in [1.82, 2.24) is 0 Å². The molecule has 0 aliphatic rings. The molecule has 0 aromatic heterocycles. The van der Waals surface area contributed by atoms with E-state index < -0.39 is 12.5 Å². The maximum Gasteiger partial charge on any atom is 0.330 e. The molecule has 0 aromatic rings. The van der Waals surface area contributed by atoms with Gasteiger partial charge in [0.1, 0.15) is 0 Å². The first-order valence-corrected chi connectivity index (χ1v) is 1.43. The quantitative estimate of drug-likeness (QED) is 0.474. The molecule has 1 N–H and O–H groups in total. The zero-order chi connectivity index (χ0) is 6.73. The fraction of sp³-hybridized carbons (Fsp3) is 0.250. The van der Waals surface area contributed by atoms with Gasteiger partial charge in [0.2, 0.25) is 0 Å². The van der Waals surface area contributed by atoms with Crippen molar-refractivity contribution in [3.8, 4) is 0 Å². The Hall–Kier alpha value is -0.790. The molecule has 2 nitrogen and oxygen atoms in total. The van der Waals surface area contributed by atoms with Crippen molar-refractivity contribution in [1.29, 1.82) is 0 Å². The van der Waals surface area contributed by atoms with Gasteiger partial charge in [-0.2, -0.15) is 0 Å². The van der Waals surface area contributed by atoms with Crippen LogP contribution in [0.5, 0.6) is 0 Å². The predicted molar refractivity (Wildman–Crippen MR) is 22.4 cm³/mol. The molecule has 0 fully saturated rings. The fourth-order valence-corrected chi connectivity index (χ4v) is 0. The minimum absolute atomic E-state index is 0.231. The highest BCUT2D eigenvalue weighted by Crippen LogP contribution is 1.81. The van der Waals surface area contributed by atoms with Gasteiger partial charge in [0.15, 0.2) is 0 Å². The van der Waals surface area contributed by atoms with Crippen LogP contribution in [0.2, 0.25) is 0 Å². The summed E-state index contributed by atoms with van der Waals surface area (Å²) in [7, 11) is 0. The monoisotopic (exact) mass is 85.1 g/mol. The first-order valence-electron chi connectivity index (χ1n) is 2.43. The molecule has 2 heteroatoms. The number of carbonyl (C=O) groups is 1. The first-order chi connectivity index (χ1) is 3.55. The van der Waals surface area contributed by atoms with E-state index in [1.54, 1.807) is 0 Å². The number of hydrogen-bond donors (Lipinski definition) is 1. The van der Waals surface area contributed by atoms with Gasteiger partial charge in [-0.15, -0.1) is 0 Å². The van der Waals surface area contributed by atoms with Crippen LogP contribution in [-0.2, 0) is 4.79 Å². The molecule has 0 atom stereocenters. The van der Waals surface area contributed by atoms with E-state index in [2.05, 4.69) is 0 Å². The lowest BCUT2D eigenvalue weighted by Gasteiger charge is -1.79. The summed E-state index contributed by atoms with van der Waals surface area (Å²) in [5, 5.41) is 8.05. The van der Waals surface area contributed by atoms with E-state index in [9.17, 15) is 4.79 Å². The number of carboxylic acids is 1. The second kappa shape index (κ2) is 1.60. The third-order valence-electron chi connectivity index (χ3n) is 0.321. The Bertz CT molecular complexity index is 135. The van der Waals surface area contributed by atoms with Crippen LogP contribution < -0.4 is 0 Å². The molecule has 0 bridgehead atoms. The normalized spacial score (nSPS) is 11.5. The summed E-state index contributed by atoms with van der Waals surface area (Å²) in [6.45, 7) is 0.579. The summed E-state index contributed by atoms with van der Waals surface area (Å²) in [5.41, 5.74) is -0.231. The number of rotatable bonds is 1. The summed E-state index contributed by atoms with van der Waals surface area (Å²) in [6.07, 6.45) is 0. The highest BCUT2D eigenvalue weighted by molar-refractivity contribution is 5.84. The molecule has 0 spiro atoms. The molecule has 6 heavy (non-hydrogen) atoms. The largest absolute Gasteiger partial charge is 0.478 e. The third-order valence-corrected chi connectivity index (χ3v) is 0.321. The van der Waals surface area contributed by atoms with Gasteiger partial charge in [-0.25, -0.2) is 4.79 Å². The molecule has 0 aliphatic carbocycles. The zero-order valence-corrected chi connectivity index (χ0v) is 3.36. The van der Waals surface area contributed by atoms with Crippen molar-refractivity contribution < 1.29 is 12.6 Å². The van der Waals surface area contributed by atoms with Gasteiger partial charge in [0, 0.05) is 5.57 Å². The van der Waals surface area contributed by atoms with E-state index in [4.69, 9.17) is 7.85 Å². The highest BCUT2D eigenvalue weighted by atomic mass is 16.3. The maximum absolute atomic E-state index is 9.84. The average Bonchev–Trinajstić information content (AvgIpc) is 1.64. The summed E-state index contributed by atoms with van der Waals surface area (Å²) < 4.78 is 13.0. The van der Waals surface area contributed by atoms with E-state index in [0.29, 0.717) is 0 Å². The van der Waals surface area contributed by atoms with Crippen LogP contribution in [0.3, 0.4) is 0 Å². The standard InChI is InChI=1S/C4H6O2/c1-3(2)4(5)6/h1H2,2H3,(H,5,6)/i1D2,5-3. The second-order valence-electron chi connectivity index (χ2n) is 0.930. The van der Waals surface area contributed by atoms with Crippen LogP contribution in [0, 0.1) is 0 Å². The minimum atomic E-state index is -1.20. The smallest absolute Gasteiger partial charge is 0.330 e. The van der Waals surface area contributed by atoms with Crippen molar-refractivity contribution in [2.75, 3.05) is 0 Å². The van der Waals surface area contributed by atoms with E-state index in [1.807, 2.05) is 0 Å². The van der Waals surface area contributed by atoms with Gasteiger partial charge in [-0.3, -0.25) is 0 Å². The Morgan fingerprint density at radius 1 is 2.17 bits per heavy atom. The Morgan fingerprint density at radius 3 is 2.67 bits per heavy atom. The van der Waals surface area contributed by atoms with Crippen molar-refractivity contribution >= 4 is 5.97 Å². The molecule has 0 radical (unpaired) electrons. The molecule has 0 heterocycles. The fourth-order valence-electron chi connectivity index (χ4n) is 0. The highest BCUT2D eigenvalue weighted by Gasteiger charge is 1.90. The summed E-state index contributed by atoms with van der Waals surface area (Å²) in [6, 6.07) is 0. The molecule has 0 amide bonds. The lowest BCUT2D eigenvalue weighted by Crippen LogP contribution is -1.92. The molecule has 0 saturated heterocycles. The molecule has 0 aliphatic heterocycles. The van der Waals surface area contributed by atoms with E-state index in [0.717, 1.165) is 0 Å². The van der Waals surface area contributed by atoms with Crippen LogP contribution in [0.15, 0.2) is 12.1 Å². The summed E-state index contributed by atoms with van der Waals surface area (Å²) in [5.74, 6) is -1.20. The molecule has 0 aromatic carbocycles. The Morgan fingerprint density at radius 2 is 2.67 bits per heavy atom. The number of carboxylic acid groups (broad SMARTS) is 1. The van der Waals surface area contributed by atoms with Gasteiger partial charge in [-0.1, -0.05) is 6.53 Å². The van der Waals surface area contributed by atoms with Crippen molar-refractivity contribution in [2.24, 2.45) is 0 Å². The van der Waals surface area contributed by atoms with Crippen molar-refractivity contribution in [3.63, 3.8) is 0 Å². The second-order valence-corrected chi connectivity index (χ2v) is 0.930. The van der Waals surface area contributed by atoms with Gasteiger partial charge in [0.05, 0.1) is 2.74 Å².